The summed E-state index contributed by atoms with van der Waals surface area (Å²) < 4.78 is 9.68. The van der Waals surface area contributed by atoms with Crippen molar-refractivity contribution in [3.63, 3.8) is 0 Å². The number of rotatable bonds is 3. The molecular formula is C10H18LiNO4. The topological polar surface area (TPSA) is 55.8 Å². The maximum atomic E-state index is 11.4. The van der Waals surface area contributed by atoms with Crippen LogP contribution in [0.4, 0.5) is 4.79 Å². The third-order valence-corrected chi connectivity index (χ3v) is 1.27. The van der Waals surface area contributed by atoms with Crippen LogP contribution in [0.25, 0.3) is 0 Å². The number of ether oxygens (including phenoxy) is 2. The normalized spacial score (nSPS) is 9.81. The van der Waals surface area contributed by atoms with E-state index in [2.05, 4.69) is 4.74 Å². The summed E-state index contributed by atoms with van der Waals surface area (Å²) in [5.41, 5.74) is -0.576. The fraction of sp³-hybridized carbons (Fsp3) is 0.700. The van der Waals surface area contributed by atoms with Crippen LogP contribution in [-0.2, 0) is 14.3 Å². The Kier molecular flexibility index (Phi) is 8.22. The fourth-order valence-electron chi connectivity index (χ4n) is 0.724. The molecule has 6 heteroatoms. The summed E-state index contributed by atoms with van der Waals surface area (Å²) in [5.74, 6) is -0.564. The molecule has 0 rings (SSSR count). The zero-order valence-electron chi connectivity index (χ0n) is 10.9. The summed E-state index contributed by atoms with van der Waals surface area (Å²) >= 11 is 0. The molecule has 0 unspecified atom stereocenters. The molecule has 0 aromatic heterocycles. The smallest absolute Gasteiger partial charge is 0.487 e. The number of hydrogen-bond donors (Lipinski definition) is 0. The minimum absolute atomic E-state index is 0. The van der Waals surface area contributed by atoms with E-state index in [-0.39, 0.29) is 25.5 Å². The van der Waals surface area contributed by atoms with E-state index in [0.717, 1.165) is 11.4 Å². The van der Waals surface area contributed by atoms with Gasteiger partial charge in [0.25, 0.3) is 0 Å². The SMILES string of the molecule is CCOC(=O)[CH-]N(C)C(=O)OC(C)(C)C.[Li+]. The Morgan fingerprint density at radius 1 is 1.31 bits per heavy atom. The Morgan fingerprint density at radius 2 is 1.81 bits per heavy atom. The van der Waals surface area contributed by atoms with Gasteiger partial charge in [0, 0.05) is 0 Å². The van der Waals surface area contributed by atoms with Crippen LogP contribution in [0.5, 0.6) is 0 Å². The minimum atomic E-state index is -0.587. The largest absolute Gasteiger partial charge is 1.00 e. The molecule has 0 aromatic rings. The Morgan fingerprint density at radius 3 is 2.19 bits per heavy atom. The fourth-order valence-corrected chi connectivity index (χ4v) is 0.724. The van der Waals surface area contributed by atoms with Crippen LogP contribution in [0.1, 0.15) is 27.7 Å². The Labute approximate surface area is 109 Å². The Bertz CT molecular complexity index is 237. The summed E-state index contributed by atoms with van der Waals surface area (Å²) in [5, 5.41) is 0. The van der Waals surface area contributed by atoms with E-state index in [1.54, 1.807) is 27.7 Å². The van der Waals surface area contributed by atoms with E-state index in [0.29, 0.717) is 0 Å². The van der Waals surface area contributed by atoms with Crippen LogP contribution in [0.2, 0.25) is 0 Å². The van der Waals surface area contributed by atoms with Gasteiger partial charge in [0.05, 0.1) is 6.61 Å². The van der Waals surface area contributed by atoms with Crippen molar-refractivity contribution in [3.8, 4) is 0 Å². The first-order valence-electron chi connectivity index (χ1n) is 4.73. The molecule has 0 aliphatic rings. The number of carbonyl (C=O) groups is 2. The second kappa shape index (κ2) is 7.48. The van der Waals surface area contributed by atoms with Crippen molar-refractivity contribution < 1.29 is 37.9 Å². The second-order valence-electron chi connectivity index (χ2n) is 3.97. The molecule has 0 aliphatic carbocycles. The molecule has 0 bridgehead atoms. The van der Waals surface area contributed by atoms with Gasteiger partial charge >= 0.3 is 25.0 Å². The van der Waals surface area contributed by atoms with Gasteiger partial charge in [-0.05, 0) is 34.7 Å². The molecule has 0 aromatic carbocycles. The quantitative estimate of drug-likeness (QED) is 0.335. The van der Waals surface area contributed by atoms with Gasteiger partial charge in [0.15, 0.2) is 5.97 Å². The number of esters is 1. The van der Waals surface area contributed by atoms with Crippen molar-refractivity contribution in [2.45, 2.75) is 33.3 Å². The first kappa shape index (κ1) is 17.6. The van der Waals surface area contributed by atoms with Crippen LogP contribution < -0.4 is 18.9 Å². The number of nitrogens with zero attached hydrogens (tertiary/aromatic N) is 1. The number of amides is 1. The van der Waals surface area contributed by atoms with Gasteiger partial charge in [-0.15, -0.1) is 0 Å². The van der Waals surface area contributed by atoms with Crippen molar-refractivity contribution >= 4 is 12.1 Å². The van der Waals surface area contributed by atoms with Gasteiger partial charge in [0.1, 0.15) is 5.60 Å². The molecular weight excluding hydrogens is 205 g/mol. The molecule has 0 aliphatic heterocycles. The van der Waals surface area contributed by atoms with Crippen LogP contribution in [-0.4, -0.2) is 36.2 Å². The summed E-state index contributed by atoms with van der Waals surface area (Å²) in [7, 11) is 1.44. The van der Waals surface area contributed by atoms with Gasteiger partial charge in [-0.3, -0.25) is 4.79 Å². The number of hydrogen-bond acceptors (Lipinski definition) is 4. The van der Waals surface area contributed by atoms with E-state index in [1.165, 1.54) is 7.05 Å². The predicted molar refractivity (Wildman–Crippen MR) is 54.9 cm³/mol. The average Bonchev–Trinajstić information content (AvgIpc) is 2.00. The van der Waals surface area contributed by atoms with Gasteiger partial charge in [0.2, 0.25) is 0 Å². The van der Waals surface area contributed by atoms with Gasteiger partial charge in [-0.2, -0.15) is 6.54 Å². The number of likely N-dealkylation sites (N-methyl/N-ethyl adjacent to an activating group) is 1. The van der Waals surface area contributed by atoms with Gasteiger partial charge in [-0.25, -0.2) is 4.79 Å². The zero-order valence-corrected chi connectivity index (χ0v) is 10.9. The third kappa shape index (κ3) is 8.51. The Balaban J connectivity index is 0. The Hall–Kier alpha value is -0.793. The maximum absolute atomic E-state index is 11.4. The minimum Gasteiger partial charge on any atom is -0.487 e. The van der Waals surface area contributed by atoms with Crippen LogP contribution >= 0.6 is 0 Å². The predicted octanol–water partition coefficient (Wildman–Crippen LogP) is -1.42. The van der Waals surface area contributed by atoms with E-state index in [4.69, 9.17) is 4.74 Å². The maximum Gasteiger partial charge on any atom is 1.00 e. The first-order valence-corrected chi connectivity index (χ1v) is 4.73. The van der Waals surface area contributed by atoms with E-state index < -0.39 is 17.7 Å². The van der Waals surface area contributed by atoms with Crippen LogP contribution in [0.3, 0.4) is 0 Å². The molecule has 0 spiro atoms. The molecule has 16 heavy (non-hydrogen) atoms. The molecule has 0 fully saturated rings. The van der Waals surface area contributed by atoms with Crippen molar-refractivity contribution in [2.75, 3.05) is 13.7 Å². The van der Waals surface area contributed by atoms with Crippen molar-refractivity contribution in [1.29, 1.82) is 0 Å². The van der Waals surface area contributed by atoms with Gasteiger partial charge in [-0.1, -0.05) is 0 Å². The third-order valence-electron chi connectivity index (χ3n) is 1.27. The molecule has 0 saturated heterocycles. The summed E-state index contributed by atoms with van der Waals surface area (Å²) in [6, 6.07) is 0. The molecule has 88 valence electrons. The first-order chi connectivity index (χ1) is 6.76. The van der Waals surface area contributed by atoms with E-state index in [9.17, 15) is 9.59 Å². The second-order valence-corrected chi connectivity index (χ2v) is 3.97. The summed E-state index contributed by atoms with van der Waals surface area (Å²) in [6.07, 6.45) is -0.587. The standard InChI is InChI=1S/C10H18NO4.Li/c1-6-14-8(12)7-11(5)9(13)15-10(2,3)4;/h7H,6H2,1-5H3;/q-1;+1. The average molecular weight is 223 g/mol. The molecule has 5 nitrogen and oxygen atoms in total. The summed E-state index contributed by atoms with van der Waals surface area (Å²) in [4.78, 5) is 23.4. The van der Waals surface area contributed by atoms with E-state index >= 15 is 0 Å². The van der Waals surface area contributed by atoms with Crippen LogP contribution in [0, 0.1) is 6.54 Å². The molecule has 0 N–H and O–H groups in total. The number of carbonyl (C=O) groups excluding carboxylic acids is 2. The van der Waals surface area contributed by atoms with Crippen molar-refractivity contribution in [2.24, 2.45) is 0 Å². The molecule has 0 atom stereocenters. The molecule has 0 heterocycles. The van der Waals surface area contributed by atoms with Crippen LogP contribution in [0.15, 0.2) is 0 Å². The zero-order chi connectivity index (χ0) is 12.1. The monoisotopic (exact) mass is 223 g/mol. The van der Waals surface area contributed by atoms with Crippen molar-refractivity contribution in [1.82, 2.24) is 4.90 Å². The molecule has 1 amide bonds. The summed E-state index contributed by atoms with van der Waals surface area (Å²) in [6.45, 7) is 8.28. The molecule has 0 radical (unpaired) electrons. The van der Waals surface area contributed by atoms with E-state index in [1.807, 2.05) is 0 Å². The van der Waals surface area contributed by atoms with Crippen molar-refractivity contribution in [3.05, 3.63) is 6.54 Å². The molecule has 0 saturated carbocycles. The van der Waals surface area contributed by atoms with Gasteiger partial charge < -0.3 is 14.4 Å².